The number of fused-ring (bicyclic) bond motifs is 1. The van der Waals surface area contributed by atoms with Crippen LogP contribution in [0.2, 0.25) is 0 Å². The lowest BCUT2D eigenvalue weighted by atomic mass is 10.2. The van der Waals surface area contributed by atoms with Crippen molar-refractivity contribution < 1.29 is 22.7 Å². The number of amidine groups is 1. The molecule has 126 valence electrons. The van der Waals surface area contributed by atoms with E-state index in [1.54, 1.807) is 18.2 Å². The number of sulfonamides is 1. The largest absolute Gasteiger partial charge is 0.454 e. The molecule has 0 fully saturated rings. The molecular formula is C15H15N3O5S. The lowest BCUT2D eigenvalue weighted by molar-refractivity contribution is -0.148. The number of carbonyl (C=O) groups is 2. The lowest BCUT2D eigenvalue weighted by Crippen LogP contribution is -2.35. The minimum Gasteiger partial charge on any atom is -0.454 e. The molecule has 8 nitrogen and oxygen atoms in total. The Morgan fingerprint density at radius 2 is 2.08 bits per heavy atom. The fraction of sp³-hybridized carbons (Fsp3) is 0.267. The highest BCUT2D eigenvalue weighted by atomic mass is 32.2. The summed E-state index contributed by atoms with van der Waals surface area (Å²) >= 11 is 0. The molecule has 0 spiro atoms. The van der Waals surface area contributed by atoms with Crippen molar-refractivity contribution in [3.63, 3.8) is 0 Å². The van der Waals surface area contributed by atoms with Gasteiger partial charge in [-0.1, -0.05) is 18.1 Å². The summed E-state index contributed by atoms with van der Waals surface area (Å²) in [6.45, 7) is -0.678. The summed E-state index contributed by atoms with van der Waals surface area (Å²) in [6, 6.07) is 6.33. The van der Waals surface area contributed by atoms with Gasteiger partial charge in [-0.15, -0.1) is 10.8 Å². The molecule has 0 bridgehead atoms. The van der Waals surface area contributed by atoms with Gasteiger partial charge in [0.05, 0.1) is 6.54 Å². The molecular weight excluding hydrogens is 334 g/mol. The third kappa shape index (κ3) is 3.91. The predicted octanol–water partition coefficient (Wildman–Crippen LogP) is -0.640. The molecule has 2 rings (SSSR count). The molecule has 0 aliphatic carbocycles. The molecule has 0 unspecified atom stereocenters. The van der Waals surface area contributed by atoms with Gasteiger partial charge in [0.2, 0.25) is 0 Å². The molecule has 0 saturated heterocycles. The molecule has 1 amide bonds. The molecule has 1 N–H and O–H groups in total. The van der Waals surface area contributed by atoms with Crippen molar-refractivity contribution in [2.75, 3.05) is 26.7 Å². The van der Waals surface area contributed by atoms with Crippen LogP contribution in [-0.4, -0.2) is 57.8 Å². The number of ether oxygens (including phenoxy) is 1. The van der Waals surface area contributed by atoms with Crippen molar-refractivity contribution in [2.45, 2.75) is 4.90 Å². The van der Waals surface area contributed by atoms with E-state index in [4.69, 9.17) is 11.2 Å². The van der Waals surface area contributed by atoms with Crippen molar-refractivity contribution in [1.29, 1.82) is 0 Å². The molecule has 9 heteroatoms. The molecule has 1 aliphatic heterocycles. The summed E-state index contributed by atoms with van der Waals surface area (Å²) in [5.74, 6) is 1.16. The topological polar surface area (TPSA) is 105 Å². The van der Waals surface area contributed by atoms with E-state index in [9.17, 15) is 18.0 Å². The lowest BCUT2D eigenvalue weighted by Gasteiger charge is -2.17. The van der Waals surface area contributed by atoms with Crippen molar-refractivity contribution >= 4 is 27.7 Å². The molecule has 1 aromatic carbocycles. The van der Waals surface area contributed by atoms with Gasteiger partial charge in [-0.3, -0.25) is 9.59 Å². The molecule has 0 atom stereocenters. The van der Waals surface area contributed by atoms with Gasteiger partial charge in [0.1, 0.15) is 11.4 Å². The van der Waals surface area contributed by atoms with Gasteiger partial charge in [0.25, 0.3) is 15.9 Å². The molecule has 24 heavy (non-hydrogen) atoms. The monoisotopic (exact) mass is 349 g/mol. The van der Waals surface area contributed by atoms with E-state index in [-0.39, 0.29) is 23.8 Å². The average Bonchev–Trinajstić information content (AvgIpc) is 2.83. The smallest absolute Gasteiger partial charge is 0.326 e. The van der Waals surface area contributed by atoms with E-state index in [0.717, 1.165) is 0 Å². The van der Waals surface area contributed by atoms with Crippen LogP contribution in [0.1, 0.15) is 5.56 Å². The minimum atomic E-state index is -3.76. The van der Waals surface area contributed by atoms with Crippen molar-refractivity contribution in [1.82, 2.24) is 10.2 Å². The van der Waals surface area contributed by atoms with E-state index in [0.29, 0.717) is 5.56 Å². The third-order valence-electron chi connectivity index (χ3n) is 3.09. The summed E-state index contributed by atoms with van der Waals surface area (Å²) in [7, 11) is -2.25. The molecule has 0 radical (unpaired) electrons. The second-order valence-electron chi connectivity index (χ2n) is 4.88. The molecule has 0 saturated carbocycles. The number of hydrogen-bond acceptors (Lipinski definition) is 6. The summed E-state index contributed by atoms with van der Waals surface area (Å²) in [4.78, 5) is 24.5. The number of amides is 1. The van der Waals surface area contributed by atoms with Gasteiger partial charge in [-0.2, -0.15) is 8.42 Å². The fourth-order valence-corrected chi connectivity index (χ4v) is 3.28. The van der Waals surface area contributed by atoms with E-state index in [1.807, 2.05) is 0 Å². The van der Waals surface area contributed by atoms with Crippen molar-refractivity contribution in [2.24, 2.45) is 4.40 Å². The Morgan fingerprint density at radius 1 is 1.38 bits per heavy atom. The number of esters is 1. The highest BCUT2D eigenvalue weighted by Crippen LogP contribution is 2.26. The van der Waals surface area contributed by atoms with Crippen LogP contribution >= 0.6 is 0 Å². The Bertz CT molecular complexity index is 839. The van der Waals surface area contributed by atoms with E-state index in [2.05, 4.69) is 15.6 Å². The number of nitrogens with one attached hydrogen (secondary N) is 1. The average molecular weight is 349 g/mol. The number of rotatable bonds is 5. The van der Waals surface area contributed by atoms with Crippen molar-refractivity contribution in [3.8, 4) is 12.3 Å². The molecule has 0 aromatic heterocycles. The first-order valence-electron chi connectivity index (χ1n) is 6.86. The van der Waals surface area contributed by atoms with Gasteiger partial charge in [0, 0.05) is 12.6 Å². The molecule has 1 aromatic rings. The summed E-state index contributed by atoms with van der Waals surface area (Å²) in [5, 5.41) is 2.35. The van der Waals surface area contributed by atoms with E-state index in [1.165, 1.54) is 18.0 Å². The van der Waals surface area contributed by atoms with Crippen LogP contribution in [-0.2, 0) is 24.3 Å². The van der Waals surface area contributed by atoms with Gasteiger partial charge in [0.15, 0.2) is 12.4 Å². The summed E-state index contributed by atoms with van der Waals surface area (Å²) < 4.78 is 32.4. The SMILES string of the molecule is C#CCNC(=O)COC(=O)CN(C)C1=NS(=O)(=O)c2ccccc21. The number of likely N-dealkylation sites (N-methyl/N-ethyl adjacent to an activating group) is 1. The maximum absolute atomic E-state index is 12.0. The van der Waals surface area contributed by atoms with Gasteiger partial charge >= 0.3 is 5.97 Å². The van der Waals surface area contributed by atoms with E-state index >= 15 is 0 Å². The van der Waals surface area contributed by atoms with Gasteiger partial charge in [-0.25, -0.2) is 0 Å². The Morgan fingerprint density at radius 3 is 2.79 bits per heavy atom. The van der Waals surface area contributed by atoms with Crippen LogP contribution in [0.4, 0.5) is 0 Å². The quantitative estimate of drug-likeness (QED) is 0.560. The number of nitrogens with zero attached hydrogens (tertiary/aromatic N) is 2. The van der Waals surface area contributed by atoms with Crippen LogP contribution in [0.5, 0.6) is 0 Å². The Labute approximate surface area is 139 Å². The van der Waals surface area contributed by atoms with E-state index < -0.39 is 28.5 Å². The second kappa shape index (κ2) is 7.14. The number of hydrogen-bond donors (Lipinski definition) is 1. The Kier molecular flexibility index (Phi) is 5.21. The Balaban J connectivity index is 1.99. The number of terminal acetylenes is 1. The van der Waals surface area contributed by atoms with Crippen LogP contribution in [0.15, 0.2) is 33.6 Å². The zero-order valence-electron chi connectivity index (χ0n) is 12.9. The Hall–Kier alpha value is -2.86. The van der Waals surface area contributed by atoms with Crippen LogP contribution < -0.4 is 5.32 Å². The summed E-state index contributed by atoms with van der Waals surface area (Å²) in [5.41, 5.74) is 0.416. The fourth-order valence-electron chi connectivity index (χ4n) is 2.02. The third-order valence-corrected chi connectivity index (χ3v) is 4.42. The van der Waals surface area contributed by atoms with Gasteiger partial charge in [-0.05, 0) is 12.1 Å². The zero-order valence-corrected chi connectivity index (χ0v) is 13.7. The standard InChI is InChI=1S/C15H15N3O5S/c1-3-8-16-13(19)10-23-14(20)9-18(2)15-11-6-4-5-7-12(11)24(21,22)17-15/h1,4-7H,8-10H2,2H3,(H,16,19). The predicted molar refractivity (Wildman–Crippen MR) is 85.6 cm³/mol. The first-order chi connectivity index (χ1) is 11.3. The number of benzene rings is 1. The number of carbonyl (C=O) groups excluding carboxylic acids is 2. The van der Waals surface area contributed by atoms with Crippen LogP contribution in [0, 0.1) is 12.3 Å². The maximum atomic E-state index is 12.0. The minimum absolute atomic E-state index is 0.0434. The van der Waals surface area contributed by atoms with Crippen LogP contribution in [0.25, 0.3) is 0 Å². The first kappa shape index (κ1) is 17.5. The summed E-state index contributed by atoms with van der Waals surface area (Å²) in [6.07, 6.45) is 4.99. The van der Waals surface area contributed by atoms with Crippen molar-refractivity contribution in [3.05, 3.63) is 29.8 Å². The zero-order chi connectivity index (χ0) is 17.7. The first-order valence-corrected chi connectivity index (χ1v) is 8.30. The molecule has 1 heterocycles. The maximum Gasteiger partial charge on any atom is 0.326 e. The molecule has 1 aliphatic rings. The normalized spacial score (nSPS) is 14.1. The van der Waals surface area contributed by atoms with Crippen LogP contribution in [0.3, 0.4) is 0 Å². The second-order valence-corrected chi connectivity index (χ2v) is 6.46. The highest BCUT2D eigenvalue weighted by Gasteiger charge is 2.31. The highest BCUT2D eigenvalue weighted by molar-refractivity contribution is 7.90. The van der Waals surface area contributed by atoms with Gasteiger partial charge < -0.3 is 15.0 Å².